The molecule has 12 nitrogen and oxygen atoms in total. The van der Waals surface area contributed by atoms with Crippen molar-refractivity contribution in [3.63, 3.8) is 0 Å². The molecule has 0 aliphatic carbocycles. The zero-order chi connectivity index (χ0) is 22.7. The molecule has 1 aromatic carbocycles. The number of rotatable bonds is 7. The van der Waals surface area contributed by atoms with Crippen LogP contribution in [0.4, 0.5) is 5.69 Å². The van der Waals surface area contributed by atoms with E-state index in [1.807, 2.05) is 23.1 Å². The van der Waals surface area contributed by atoms with Crippen LogP contribution in [-0.4, -0.2) is 99.4 Å². The number of aliphatic hydroxyl groups is 2. The minimum atomic E-state index is -1.34. The molecule has 4 rings (SSSR count). The number of aromatic nitrogens is 3. The molecule has 1 amide bonds. The number of carbonyl (C=O) groups excluding carboxylic acids is 2. The van der Waals surface area contributed by atoms with Gasteiger partial charge in [-0.2, -0.15) is 0 Å². The molecule has 1 aromatic heterocycles. The van der Waals surface area contributed by atoms with E-state index in [0.717, 1.165) is 36.5 Å². The first-order valence-corrected chi connectivity index (χ1v) is 10.3. The van der Waals surface area contributed by atoms with E-state index < -0.39 is 36.4 Å². The third-order valence-corrected chi connectivity index (χ3v) is 5.58. The zero-order valence-corrected chi connectivity index (χ0v) is 17.4. The summed E-state index contributed by atoms with van der Waals surface area (Å²) in [5.41, 5.74) is 6.27. The Morgan fingerprint density at radius 2 is 1.84 bits per heavy atom. The largest absolute Gasteiger partial charge is 0.462 e. The molecule has 4 atom stereocenters. The number of aliphatic hydroxyl groups excluding tert-OH is 2. The summed E-state index contributed by atoms with van der Waals surface area (Å²) >= 11 is 0. The molecule has 12 heteroatoms. The van der Waals surface area contributed by atoms with Crippen molar-refractivity contribution >= 4 is 17.6 Å². The second-order valence-corrected chi connectivity index (χ2v) is 7.74. The van der Waals surface area contributed by atoms with Crippen molar-refractivity contribution in [2.24, 2.45) is 5.73 Å². The molecule has 3 heterocycles. The summed E-state index contributed by atoms with van der Waals surface area (Å²) in [6, 6.07) is 10.1. The zero-order valence-electron chi connectivity index (χ0n) is 17.4. The van der Waals surface area contributed by atoms with E-state index in [0.29, 0.717) is 0 Å². The van der Waals surface area contributed by atoms with E-state index in [-0.39, 0.29) is 19.0 Å². The maximum atomic E-state index is 12.3. The normalized spacial score (nSPS) is 26.2. The SMILES string of the molecule is NC(=O)c1ncn(C2OC(COC(=O)CN3CCN(c4ccccc4)CC3)[C@@H](O)C2O)n1. The van der Waals surface area contributed by atoms with Crippen molar-refractivity contribution in [3.05, 3.63) is 42.5 Å². The van der Waals surface area contributed by atoms with Crippen LogP contribution in [0.25, 0.3) is 0 Å². The Hall–Kier alpha value is -3.06. The summed E-state index contributed by atoms with van der Waals surface area (Å²) < 4.78 is 12.0. The van der Waals surface area contributed by atoms with E-state index in [2.05, 4.69) is 27.1 Å². The average molecular weight is 446 g/mol. The summed E-state index contributed by atoms with van der Waals surface area (Å²) in [6.07, 6.45) is -3.50. The predicted octanol–water partition coefficient (Wildman–Crippen LogP) is -1.64. The number of hydrogen-bond donors (Lipinski definition) is 3. The van der Waals surface area contributed by atoms with Gasteiger partial charge in [-0.15, -0.1) is 5.10 Å². The van der Waals surface area contributed by atoms with Gasteiger partial charge in [-0.1, -0.05) is 18.2 Å². The van der Waals surface area contributed by atoms with Crippen LogP contribution in [0.5, 0.6) is 0 Å². The van der Waals surface area contributed by atoms with Crippen LogP contribution in [0, 0.1) is 0 Å². The van der Waals surface area contributed by atoms with Gasteiger partial charge < -0.3 is 30.3 Å². The van der Waals surface area contributed by atoms with Crippen LogP contribution in [0.3, 0.4) is 0 Å². The molecule has 2 aromatic rings. The lowest BCUT2D eigenvalue weighted by Crippen LogP contribution is -2.48. The molecule has 4 N–H and O–H groups in total. The van der Waals surface area contributed by atoms with Crippen LogP contribution in [0.15, 0.2) is 36.7 Å². The number of amides is 1. The van der Waals surface area contributed by atoms with Crippen molar-refractivity contribution in [3.8, 4) is 0 Å². The fraction of sp³-hybridized carbons (Fsp3) is 0.500. The van der Waals surface area contributed by atoms with Crippen molar-refractivity contribution in [2.75, 3.05) is 44.2 Å². The van der Waals surface area contributed by atoms with Gasteiger partial charge in [-0.25, -0.2) is 9.67 Å². The molecule has 2 fully saturated rings. The Morgan fingerprint density at radius 3 is 2.50 bits per heavy atom. The van der Waals surface area contributed by atoms with Gasteiger partial charge in [0.2, 0.25) is 5.82 Å². The van der Waals surface area contributed by atoms with Crippen LogP contribution in [0.2, 0.25) is 0 Å². The van der Waals surface area contributed by atoms with E-state index in [9.17, 15) is 19.8 Å². The summed E-state index contributed by atoms with van der Waals surface area (Å²) in [5, 5.41) is 24.3. The molecule has 0 radical (unpaired) electrons. The summed E-state index contributed by atoms with van der Waals surface area (Å²) in [6.45, 7) is 2.96. The molecular weight excluding hydrogens is 420 g/mol. The van der Waals surface area contributed by atoms with Gasteiger partial charge in [0, 0.05) is 31.9 Å². The van der Waals surface area contributed by atoms with Crippen molar-refractivity contribution in [2.45, 2.75) is 24.5 Å². The highest BCUT2D eigenvalue weighted by Gasteiger charge is 2.45. The van der Waals surface area contributed by atoms with Gasteiger partial charge >= 0.3 is 5.97 Å². The smallest absolute Gasteiger partial charge is 0.320 e. The lowest BCUT2D eigenvalue weighted by molar-refractivity contribution is -0.151. The van der Waals surface area contributed by atoms with Crippen molar-refractivity contribution in [1.29, 1.82) is 0 Å². The number of anilines is 1. The van der Waals surface area contributed by atoms with E-state index in [4.69, 9.17) is 15.2 Å². The molecule has 2 aliphatic rings. The van der Waals surface area contributed by atoms with E-state index >= 15 is 0 Å². The highest BCUT2D eigenvalue weighted by Crippen LogP contribution is 2.29. The van der Waals surface area contributed by atoms with Crippen LogP contribution >= 0.6 is 0 Å². The number of carbonyl (C=O) groups is 2. The first-order chi connectivity index (χ1) is 15.4. The first kappa shape index (κ1) is 22.1. The number of piperazine rings is 1. The molecule has 2 aliphatic heterocycles. The van der Waals surface area contributed by atoms with E-state index in [1.54, 1.807) is 0 Å². The van der Waals surface area contributed by atoms with Crippen LogP contribution in [-0.2, 0) is 14.3 Å². The number of hydrogen-bond acceptors (Lipinski definition) is 10. The van der Waals surface area contributed by atoms with Gasteiger partial charge in [0.15, 0.2) is 6.23 Å². The number of benzene rings is 1. The molecule has 0 saturated carbocycles. The second kappa shape index (κ2) is 9.61. The molecule has 3 unspecified atom stereocenters. The van der Waals surface area contributed by atoms with Crippen LogP contribution < -0.4 is 10.6 Å². The Bertz CT molecular complexity index is 932. The highest BCUT2D eigenvalue weighted by atomic mass is 16.6. The Balaban J connectivity index is 1.23. The van der Waals surface area contributed by atoms with Gasteiger partial charge in [-0.05, 0) is 12.1 Å². The van der Waals surface area contributed by atoms with Crippen LogP contribution in [0.1, 0.15) is 16.8 Å². The number of esters is 1. The number of nitrogens with two attached hydrogens (primary N) is 1. The number of primary amides is 1. The van der Waals surface area contributed by atoms with Gasteiger partial charge in [0.1, 0.15) is 31.2 Å². The number of nitrogens with zero attached hydrogens (tertiary/aromatic N) is 5. The monoisotopic (exact) mass is 446 g/mol. The third-order valence-electron chi connectivity index (χ3n) is 5.58. The Labute approximate surface area is 184 Å². The predicted molar refractivity (Wildman–Crippen MR) is 111 cm³/mol. The lowest BCUT2D eigenvalue weighted by Gasteiger charge is -2.35. The third kappa shape index (κ3) is 4.88. The van der Waals surface area contributed by atoms with E-state index in [1.165, 1.54) is 6.33 Å². The molecule has 172 valence electrons. The maximum Gasteiger partial charge on any atom is 0.320 e. The minimum Gasteiger partial charge on any atom is -0.462 e. The number of para-hydroxylation sites is 1. The maximum absolute atomic E-state index is 12.3. The molecular formula is C20H26N6O6. The fourth-order valence-electron chi connectivity index (χ4n) is 3.80. The summed E-state index contributed by atoms with van der Waals surface area (Å²) in [5.74, 6) is -1.51. The van der Waals surface area contributed by atoms with Crippen molar-refractivity contribution in [1.82, 2.24) is 19.7 Å². The Kier molecular flexibility index (Phi) is 6.65. The van der Waals surface area contributed by atoms with Gasteiger partial charge in [0.05, 0.1) is 6.54 Å². The average Bonchev–Trinajstić information content (AvgIpc) is 3.39. The quantitative estimate of drug-likeness (QED) is 0.422. The number of ether oxygens (including phenoxy) is 2. The molecule has 0 bridgehead atoms. The summed E-state index contributed by atoms with van der Waals surface area (Å²) in [4.78, 5) is 31.4. The summed E-state index contributed by atoms with van der Waals surface area (Å²) in [7, 11) is 0. The molecule has 2 saturated heterocycles. The second-order valence-electron chi connectivity index (χ2n) is 7.74. The topological polar surface area (TPSA) is 156 Å². The Morgan fingerprint density at radius 1 is 1.12 bits per heavy atom. The lowest BCUT2D eigenvalue weighted by atomic mass is 10.1. The van der Waals surface area contributed by atoms with Crippen molar-refractivity contribution < 1.29 is 29.3 Å². The standard InChI is InChI=1S/C20H26N6O6/c21-18(30)19-22-12-26(23-19)20-17(29)16(28)14(32-20)11-31-15(27)10-24-6-8-25(9-7-24)13-4-2-1-3-5-13/h1-5,12,14,16-17,20,28-29H,6-11H2,(H2,21,30)/t14?,16-,17?,20?/m1/s1. The first-order valence-electron chi connectivity index (χ1n) is 10.3. The molecule has 0 spiro atoms. The van der Waals surface area contributed by atoms with Gasteiger partial charge in [0.25, 0.3) is 5.91 Å². The molecule has 32 heavy (non-hydrogen) atoms. The fourth-order valence-corrected chi connectivity index (χ4v) is 3.80. The van der Waals surface area contributed by atoms with Gasteiger partial charge in [-0.3, -0.25) is 14.5 Å². The highest BCUT2D eigenvalue weighted by molar-refractivity contribution is 5.88. The minimum absolute atomic E-state index is 0.127.